The minimum absolute atomic E-state index is 0.0995. The van der Waals surface area contributed by atoms with Crippen molar-refractivity contribution >= 4 is 11.3 Å². The van der Waals surface area contributed by atoms with Gasteiger partial charge in [-0.1, -0.05) is 6.07 Å². The van der Waals surface area contributed by atoms with E-state index in [9.17, 15) is 9.18 Å². The van der Waals surface area contributed by atoms with Crippen LogP contribution in [-0.2, 0) is 6.54 Å². The fourth-order valence-electron chi connectivity index (χ4n) is 3.66. The summed E-state index contributed by atoms with van der Waals surface area (Å²) in [7, 11) is 0. The van der Waals surface area contributed by atoms with Crippen molar-refractivity contribution in [2.45, 2.75) is 34.2 Å². The molecule has 1 aromatic carbocycles. The lowest BCUT2D eigenvalue weighted by Gasteiger charge is -2.15. The molecule has 0 amide bonds. The van der Waals surface area contributed by atoms with Crippen LogP contribution in [-0.4, -0.2) is 14.0 Å². The number of nitrogens with one attached hydrogen (secondary N) is 1. The third-order valence-electron chi connectivity index (χ3n) is 5.40. The average Bonchev–Trinajstić information content (AvgIpc) is 2.96. The first-order valence-corrected chi connectivity index (χ1v) is 9.52. The fourth-order valence-corrected chi connectivity index (χ4v) is 3.66. The van der Waals surface area contributed by atoms with E-state index in [0.717, 1.165) is 45.1 Å². The Labute approximate surface area is 168 Å². The zero-order valence-electron chi connectivity index (χ0n) is 17.0. The average molecular weight is 390 g/mol. The van der Waals surface area contributed by atoms with Crippen LogP contribution in [0.1, 0.15) is 28.1 Å². The van der Waals surface area contributed by atoms with Crippen LogP contribution < -0.4 is 10.9 Å². The largest absolute Gasteiger partial charge is 0.378 e. The summed E-state index contributed by atoms with van der Waals surface area (Å²) < 4.78 is 17.2. The van der Waals surface area contributed by atoms with E-state index in [-0.39, 0.29) is 11.4 Å². The van der Waals surface area contributed by atoms with Gasteiger partial charge in [0.05, 0.1) is 17.1 Å². The van der Waals surface area contributed by atoms with Crippen molar-refractivity contribution in [2.24, 2.45) is 0 Å². The van der Waals surface area contributed by atoms with Crippen molar-refractivity contribution in [3.63, 3.8) is 0 Å². The molecule has 0 aliphatic heterocycles. The van der Waals surface area contributed by atoms with E-state index in [4.69, 9.17) is 4.98 Å². The maximum atomic E-state index is 13.6. The van der Waals surface area contributed by atoms with Crippen LogP contribution in [0.2, 0.25) is 0 Å². The number of halogens is 1. The van der Waals surface area contributed by atoms with E-state index in [2.05, 4.69) is 5.32 Å². The minimum Gasteiger partial charge on any atom is -0.378 e. The van der Waals surface area contributed by atoms with Gasteiger partial charge in [-0.3, -0.25) is 9.36 Å². The number of rotatable bonds is 4. The van der Waals surface area contributed by atoms with Gasteiger partial charge in [-0.2, -0.15) is 0 Å². The van der Waals surface area contributed by atoms with Crippen LogP contribution >= 0.6 is 0 Å². The maximum Gasteiger partial charge on any atom is 0.255 e. The van der Waals surface area contributed by atoms with Crippen LogP contribution in [0.3, 0.4) is 0 Å². The third kappa shape index (κ3) is 3.42. The molecule has 0 bridgehead atoms. The lowest BCUT2D eigenvalue weighted by molar-refractivity contribution is 0.624. The van der Waals surface area contributed by atoms with Gasteiger partial charge in [0.15, 0.2) is 5.65 Å². The molecule has 0 atom stereocenters. The predicted octanol–water partition coefficient (Wildman–Crippen LogP) is 4.47. The number of nitrogens with zero attached hydrogens (tertiary/aromatic N) is 3. The Morgan fingerprint density at radius 2 is 1.79 bits per heavy atom. The Balaban J connectivity index is 1.82. The molecule has 0 saturated carbocycles. The number of aromatic nitrogens is 3. The number of anilines is 1. The standard InChI is InChI=1S/C23H23FN4O/c1-14-9-18(24)10-15(2)20(14)12-25-21-11-19(27-8-6-5-7-22(27)29)13-28-17(4)16(3)26-23(21)28/h5-11,13,25H,12H2,1-4H3. The molecular weight excluding hydrogens is 367 g/mol. The Morgan fingerprint density at radius 3 is 2.48 bits per heavy atom. The summed E-state index contributed by atoms with van der Waals surface area (Å²) in [5.74, 6) is -0.226. The van der Waals surface area contributed by atoms with Crippen LogP contribution in [0.15, 0.2) is 53.6 Å². The van der Waals surface area contributed by atoms with Gasteiger partial charge in [0.1, 0.15) is 5.82 Å². The summed E-state index contributed by atoms with van der Waals surface area (Å²) in [6, 6.07) is 10.1. The summed E-state index contributed by atoms with van der Waals surface area (Å²) in [4.78, 5) is 17.0. The zero-order chi connectivity index (χ0) is 20.7. The maximum absolute atomic E-state index is 13.6. The normalized spacial score (nSPS) is 11.2. The SMILES string of the molecule is Cc1cc(F)cc(C)c1CNc1cc(-n2ccccc2=O)cn2c(C)c(C)nc12. The highest BCUT2D eigenvalue weighted by atomic mass is 19.1. The molecule has 0 unspecified atom stereocenters. The fraction of sp³-hybridized carbons (Fsp3) is 0.217. The number of benzene rings is 1. The van der Waals surface area contributed by atoms with Crippen molar-refractivity contribution in [1.29, 1.82) is 0 Å². The molecule has 0 radical (unpaired) electrons. The zero-order valence-corrected chi connectivity index (χ0v) is 17.0. The quantitative estimate of drug-likeness (QED) is 0.559. The van der Waals surface area contributed by atoms with Gasteiger partial charge in [-0.15, -0.1) is 0 Å². The Hall–Kier alpha value is -3.41. The lowest BCUT2D eigenvalue weighted by atomic mass is 10.0. The van der Waals surface area contributed by atoms with Crippen molar-refractivity contribution in [2.75, 3.05) is 5.32 Å². The molecule has 29 heavy (non-hydrogen) atoms. The van der Waals surface area contributed by atoms with Crippen LogP contribution in [0.5, 0.6) is 0 Å². The number of fused-ring (bicyclic) bond motifs is 1. The van der Waals surface area contributed by atoms with Crippen LogP contribution in [0.4, 0.5) is 10.1 Å². The lowest BCUT2D eigenvalue weighted by Crippen LogP contribution is -2.16. The van der Waals surface area contributed by atoms with Crippen LogP contribution in [0.25, 0.3) is 11.3 Å². The van der Waals surface area contributed by atoms with Gasteiger partial charge in [0.2, 0.25) is 0 Å². The second-order valence-corrected chi connectivity index (χ2v) is 7.37. The number of pyridine rings is 2. The first kappa shape index (κ1) is 18.9. The first-order chi connectivity index (χ1) is 13.8. The predicted molar refractivity (Wildman–Crippen MR) is 113 cm³/mol. The molecule has 0 aliphatic carbocycles. The summed E-state index contributed by atoms with van der Waals surface area (Å²) in [6.45, 7) is 8.32. The van der Waals surface area contributed by atoms with Gasteiger partial charge in [0, 0.05) is 30.7 Å². The van der Waals surface area contributed by atoms with E-state index >= 15 is 0 Å². The monoisotopic (exact) mass is 390 g/mol. The van der Waals surface area contributed by atoms with Gasteiger partial charge < -0.3 is 9.72 Å². The van der Waals surface area contributed by atoms with Gasteiger partial charge in [-0.05, 0) is 68.7 Å². The number of imidazole rings is 1. The molecule has 3 heterocycles. The second kappa shape index (κ2) is 7.20. The number of hydrogen-bond donors (Lipinski definition) is 1. The first-order valence-electron chi connectivity index (χ1n) is 9.52. The minimum atomic E-state index is -0.226. The molecule has 6 heteroatoms. The summed E-state index contributed by atoms with van der Waals surface area (Å²) in [6.07, 6.45) is 3.67. The highest BCUT2D eigenvalue weighted by Crippen LogP contribution is 2.25. The summed E-state index contributed by atoms with van der Waals surface area (Å²) in [5.41, 5.74) is 7.06. The van der Waals surface area contributed by atoms with E-state index in [1.54, 1.807) is 29.0 Å². The van der Waals surface area contributed by atoms with Crippen molar-refractivity contribution < 1.29 is 4.39 Å². The molecule has 0 spiro atoms. The number of aryl methyl sites for hydroxylation is 4. The van der Waals surface area contributed by atoms with Gasteiger partial charge >= 0.3 is 0 Å². The van der Waals surface area contributed by atoms with Crippen LogP contribution in [0, 0.1) is 33.5 Å². The molecular formula is C23H23FN4O. The Morgan fingerprint density at radius 1 is 1.07 bits per heavy atom. The Kier molecular flexibility index (Phi) is 4.70. The smallest absolute Gasteiger partial charge is 0.255 e. The van der Waals surface area contributed by atoms with E-state index in [1.165, 1.54) is 6.07 Å². The molecule has 148 valence electrons. The molecule has 1 N–H and O–H groups in total. The van der Waals surface area contributed by atoms with E-state index < -0.39 is 0 Å². The molecule has 4 aromatic rings. The van der Waals surface area contributed by atoms with Crippen molar-refractivity contribution in [1.82, 2.24) is 14.0 Å². The van der Waals surface area contributed by atoms with Crippen molar-refractivity contribution in [3.05, 3.63) is 93.0 Å². The molecule has 0 aliphatic rings. The highest BCUT2D eigenvalue weighted by Gasteiger charge is 2.13. The third-order valence-corrected chi connectivity index (χ3v) is 5.40. The highest BCUT2D eigenvalue weighted by molar-refractivity contribution is 5.71. The molecule has 5 nitrogen and oxygen atoms in total. The van der Waals surface area contributed by atoms with Gasteiger partial charge in [-0.25, -0.2) is 9.37 Å². The van der Waals surface area contributed by atoms with Gasteiger partial charge in [0.25, 0.3) is 5.56 Å². The number of hydrogen-bond acceptors (Lipinski definition) is 3. The summed E-state index contributed by atoms with van der Waals surface area (Å²) in [5, 5.41) is 3.45. The van der Waals surface area contributed by atoms with Crippen molar-refractivity contribution in [3.8, 4) is 5.69 Å². The molecule has 0 fully saturated rings. The topological polar surface area (TPSA) is 51.3 Å². The summed E-state index contributed by atoms with van der Waals surface area (Å²) >= 11 is 0. The molecule has 3 aromatic heterocycles. The molecule has 4 rings (SSSR count). The molecule has 0 saturated heterocycles. The van der Waals surface area contributed by atoms with E-state index in [0.29, 0.717) is 6.54 Å². The van der Waals surface area contributed by atoms with E-state index in [1.807, 2.05) is 50.4 Å². The second-order valence-electron chi connectivity index (χ2n) is 7.37. The Bertz CT molecular complexity index is 1260.